The number of rotatable bonds is 6. The van der Waals surface area contributed by atoms with E-state index >= 15 is 0 Å². The van der Waals surface area contributed by atoms with Crippen molar-refractivity contribution in [1.82, 2.24) is 4.98 Å². The summed E-state index contributed by atoms with van der Waals surface area (Å²) in [6.07, 6.45) is 0. The van der Waals surface area contributed by atoms with E-state index in [2.05, 4.69) is 4.98 Å². The second-order valence-corrected chi connectivity index (χ2v) is 4.96. The summed E-state index contributed by atoms with van der Waals surface area (Å²) in [7, 11) is 1.52. The number of carbonyl (C=O) groups excluding carboxylic acids is 2. The standard InChI is InChI=1S/C18H20N2O5/c1-4-24-17(21)15(18(22)25-5-2)16(19)13-10-14(23-3)11-8-6-7-9-12(11)20-13/h6-10H,4-5,19H2,1-3H3. The Morgan fingerprint density at radius 3 is 2.24 bits per heavy atom. The maximum absolute atomic E-state index is 12.2. The monoisotopic (exact) mass is 344 g/mol. The molecule has 25 heavy (non-hydrogen) atoms. The predicted octanol–water partition coefficient (Wildman–Crippen LogP) is 2.04. The van der Waals surface area contributed by atoms with Gasteiger partial charge in [-0.3, -0.25) is 0 Å². The van der Waals surface area contributed by atoms with Crippen molar-refractivity contribution in [3.63, 3.8) is 0 Å². The Morgan fingerprint density at radius 1 is 1.08 bits per heavy atom. The summed E-state index contributed by atoms with van der Waals surface area (Å²) in [6.45, 7) is 3.47. The van der Waals surface area contributed by atoms with Crippen molar-refractivity contribution in [1.29, 1.82) is 0 Å². The van der Waals surface area contributed by atoms with Crippen molar-refractivity contribution in [3.05, 3.63) is 41.6 Å². The zero-order valence-electron chi connectivity index (χ0n) is 14.4. The van der Waals surface area contributed by atoms with E-state index in [0.717, 1.165) is 5.39 Å². The molecule has 0 saturated carbocycles. The van der Waals surface area contributed by atoms with Gasteiger partial charge >= 0.3 is 11.9 Å². The van der Waals surface area contributed by atoms with Gasteiger partial charge in [0.1, 0.15) is 5.75 Å². The lowest BCUT2D eigenvalue weighted by Crippen LogP contribution is -2.23. The fraction of sp³-hybridized carbons (Fsp3) is 0.278. The maximum Gasteiger partial charge on any atom is 0.347 e. The predicted molar refractivity (Wildman–Crippen MR) is 92.7 cm³/mol. The summed E-state index contributed by atoms with van der Waals surface area (Å²) in [6, 6.07) is 8.87. The van der Waals surface area contributed by atoms with Gasteiger partial charge in [-0.15, -0.1) is 0 Å². The van der Waals surface area contributed by atoms with E-state index in [4.69, 9.17) is 19.9 Å². The highest BCUT2D eigenvalue weighted by Crippen LogP contribution is 2.27. The number of nitrogens with two attached hydrogens (primary N) is 1. The molecule has 2 aromatic rings. The third kappa shape index (κ3) is 3.88. The molecule has 1 aromatic heterocycles. The number of aromatic nitrogens is 1. The minimum atomic E-state index is -0.854. The molecule has 0 radical (unpaired) electrons. The van der Waals surface area contributed by atoms with Crippen LogP contribution in [0.15, 0.2) is 35.9 Å². The Morgan fingerprint density at radius 2 is 1.68 bits per heavy atom. The van der Waals surface area contributed by atoms with Crippen molar-refractivity contribution >= 4 is 28.5 Å². The minimum Gasteiger partial charge on any atom is -0.496 e. The molecule has 0 aliphatic carbocycles. The van der Waals surface area contributed by atoms with Crippen LogP contribution >= 0.6 is 0 Å². The summed E-state index contributed by atoms with van der Waals surface area (Å²) in [5.41, 5.74) is 6.42. The fourth-order valence-electron chi connectivity index (χ4n) is 2.29. The van der Waals surface area contributed by atoms with Crippen LogP contribution < -0.4 is 10.5 Å². The van der Waals surface area contributed by atoms with Crippen LogP contribution in [0.2, 0.25) is 0 Å². The molecule has 132 valence electrons. The van der Waals surface area contributed by atoms with E-state index in [1.165, 1.54) is 7.11 Å². The van der Waals surface area contributed by atoms with Crippen LogP contribution in [0.5, 0.6) is 5.75 Å². The highest BCUT2D eigenvalue weighted by molar-refractivity contribution is 6.19. The molecule has 7 nitrogen and oxygen atoms in total. The highest BCUT2D eigenvalue weighted by Gasteiger charge is 2.26. The van der Waals surface area contributed by atoms with E-state index in [0.29, 0.717) is 11.3 Å². The Kier molecular flexibility index (Phi) is 5.94. The lowest BCUT2D eigenvalue weighted by molar-refractivity contribution is -0.146. The largest absolute Gasteiger partial charge is 0.496 e. The van der Waals surface area contributed by atoms with Gasteiger partial charge in [-0.25, -0.2) is 14.6 Å². The van der Waals surface area contributed by atoms with Gasteiger partial charge in [-0.2, -0.15) is 0 Å². The third-order valence-electron chi connectivity index (χ3n) is 3.40. The zero-order chi connectivity index (χ0) is 18.4. The van der Waals surface area contributed by atoms with E-state index < -0.39 is 11.9 Å². The Balaban J connectivity index is 2.65. The van der Waals surface area contributed by atoms with Crippen molar-refractivity contribution < 1.29 is 23.8 Å². The van der Waals surface area contributed by atoms with Crippen molar-refractivity contribution in [2.45, 2.75) is 13.8 Å². The van der Waals surface area contributed by atoms with Crippen LogP contribution in [0.4, 0.5) is 0 Å². The molecule has 0 amide bonds. The van der Waals surface area contributed by atoms with E-state index in [-0.39, 0.29) is 30.2 Å². The van der Waals surface area contributed by atoms with Gasteiger partial charge < -0.3 is 19.9 Å². The first-order chi connectivity index (χ1) is 12.0. The first kappa shape index (κ1) is 18.3. The molecule has 1 aromatic carbocycles. The number of esters is 2. The average molecular weight is 344 g/mol. The van der Waals surface area contributed by atoms with E-state index in [1.54, 1.807) is 26.0 Å². The van der Waals surface area contributed by atoms with Crippen molar-refractivity contribution in [2.24, 2.45) is 5.73 Å². The second kappa shape index (κ2) is 8.14. The molecule has 7 heteroatoms. The number of benzene rings is 1. The minimum absolute atomic E-state index is 0.101. The van der Waals surface area contributed by atoms with Crippen LogP contribution in [-0.2, 0) is 19.1 Å². The van der Waals surface area contributed by atoms with Crippen molar-refractivity contribution in [3.8, 4) is 5.75 Å². The van der Waals surface area contributed by atoms with Gasteiger partial charge in [0.15, 0.2) is 5.57 Å². The average Bonchev–Trinajstić information content (AvgIpc) is 2.61. The SMILES string of the molecule is CCOC(=O)C(C(=O)OCC)=C(N)c1cc(OC)c2ccccc2n1. The lowest BCUT2D eigenvalue weighted by Gasteiger charge is -2.12. The zero-order valence-corrected chi connectivity index (χ0v) is 14.4. The number of nitrogens with zero attached hydrogens (tertiary/aromatic N) is 1. The smallest absolute Gasteiger partial charge is 0.347 e. The van der Waals surface area contributed by atoms with E-state index in [9.17, 15) is 9.59 Å². The van der Waals surface area contributed by atoms with Crippen LogP contribution in [0.3, 0.4) is 0 Å². The highest BCUT2D eigenvalue weighted by atomic mass is 16.6. The normalized spacial score (nSPS) is 10.2. The van der Waals surface area contributed by atoms with Gasteiger partial charge in [0.25, 0.3) is 0 Å². The molecule has 0 bridgehead atoms. The first-order valence-electron chi connectivity index (χ1n) is 7.81. The number of hydrogen-bond acceptors (Lipinski definition) is 7. The summed E-state index contributed by atoms with van der Waals surface area (Å²) >= 11 is 0. The van der Waals surface area contributed by atoms with Gasteiger partial charge in [0.2, 0.25) is 0 Å². The third-order valence-corrected chi connectivity index (χ3v) is 3.40. The number of fused-ring (bicyclic) bond motifs is 1. The molecule has 0 atom stereocenters. The van der Waals surface area contributed by atoms with Gasteiger partial charge in [0, 0.05) is 11.5 Å². The van der Waals surface area contributed by atoms with Gasteiger partial charge in [0.05, 0.1) is 37.2 Å². The van der Waals surface area contributed by atoms with Gasteiger partial charge in [-0.1, -0.05) is 12.1 Å². The Labute approximate surface area is 145 Å². The molecule has 1 heterocycles. The molecule has 2 N–H and O–H groups in total. The molecule has 0 saturated heterocycles. The fourth-order valence-corrected chi connectivity index (χ4v) is 2.29. The Hall–Kier alpha value is -3.09. The number of ether oxygens (including phenoxy) is 3. The molecule has 2 rings (SSSR count). The van der Waals surface area contributed by atoms with E-state index in [1.807, 2.05) is 18.2 Å². The summed E-state index contributed by atoms with van der Waals surface area (Å²) in [4.78, 5) is 28.8. The van der Waals surface area contributed by atoms with Crippen LogP contribution in [-0.4, -0.2) is 37.2 Å². The lowest BCUT2D eigenvalue weighted by atomic mass is 10.1. The topological polar surface area (TPSA) is 101 Å². The molecular formula is C18H20N2O5. The van der Waals surface area contributed by atoms with Crippen molar-refractivity contribution in [2.75, 3.05) is 20.3 Å². The number of methoxy groups -OCH3 is 1. The van der Waals surface area contributed by atoms with Crippen LogP contribution in [0.25, 0.3) is 16.6 Å². The number of carbonyl (C=O) groups is 2. The number of para-hydroxylation sites is 1. The summed E-state index contributed by atoms with van der Waals surface area (Å²) in [5, 5.41) is 0.787. The molecule has 0 fully saturated rings. The summed E-state index contributed by atoms with van der Waals surface area (Å²) in [5.74, 6) is -1.18. The maximum atomic E-state index is 12.2. The summed E-state index contributed by atoms with van der Waals surface area (Å²) < 4.78 is 15.2. The molecule has 0 unspecified atom stereocenters. The number of hydrogen-bond donors (Lipinski definition) is 1. The number of pyridine rings is 1. The quantitative estimate of drug-likeness (QED) is 0.370. The van der Waals surface area contributed by atoms with Crippen LogP contribution in [0.1, 0.15) is 19.5 Å². The molecule has 0 aliphatic rings. The van der Waals surface area contributed by atoms with Crippen LogP contribution in [0, 0.1) is 0 Å². The first-order valence-corrected chi connectivity index (χ1v) is 7.81. The second-order valence-electron chi connectivity index (χ2n) is 4.96. The molecular weight excluding hydrogens is 324 g/mol. The molecule has 0 aliphatic heterocycles. The molecule has 0 spiro atoms. The van der Waals surface area contributed by atoms with Gasteiger partial charge in [-0.05, 0) is 26.0 Å². The Bertz CT molecular complexity index is 809.